The second-order valence-electron chi connectivity index (χ2n) is 8.33. The zero-order valence-electron chi connectivity index (χ0n) is 18.8. The first-order valence-corrected chi connectivity index (χ1v) is 10.8. The highest BCUT2D eigenvalue weighted by molar-refractivity contribution is 5.69. The Morgan fingerprint density at radius 3 is 2.35 bits per heavy atom. The monoisotopic (exact) mass is 433 g/mol. The van der Waals surface area contributed by atoms with Crippen LogP contribution in [0.2, 0.25) is 0 Å². The number of rotatable bonds is 7. The van der Waals surface area contributed by atoms with E-state index in [2.05, 4.69) is 31.7 Å². The summed E-state index contributed by atoms with van der Waals surface area (Å²) in [7, 11) is 1.97. The van der Waals surface area contributed by atoms with Gasteiger partial charge in [0.2, 0.25) is 0 Å². The first-order chi connectivity index (χ1) is 14.6. The van der Waals surface area contributed by atoms with Gasteiger partial charge in [-0.1, -0.05) is 25.8 Å². The molecule has 1 aromatic carbocycles. The number of hydrogen-bond donors (Lipinski definition) is 0. The van der Waals surface area contributed by atoms with E-state index >= 15 is 0 Å². The van der Waals surface area contributed by atoms with Crippen molar-refractivity contribution >= 4 is 5.82 Å². The number of hydrogen-bond acceptors (Lipinski definition) is 4. The van der Waals surface area contributed by atoms with Crippen molar-refractivity contribution in [2.24, 2.45) is 5.92 Å². The zero-order valence-corrected chi connectivity index (χ0v) is 18.8. The van der Waals surface area contributed by atoms with Crippen LogP contribution in [0, 0.1) is 12.8 Å². The van der Waals surface area contributed by atoms with Gasteiger partial charge < -0.3 is 9.64 Å². The molecule has 1 heterocycles. The molecule has 7 heteroatoms. The lowest BCUT2D eigenvalue weighted by Gasteiger charge is -2.34. The normalized spacial score (nSPS) is 19.2. The van der Waals surface area contributed by atoms with Crippen molar-refractivity contribution in [2.75, 3.05) is 11.9 Å². The maximum atomic E-state index is 12.5. The third-order valence-electron chi connectivity index (χ3n) is 5.98. The molecule has 0 unspecified atom stereocenters. The number of nitrogens with zero attached hydrogens (tertiary/aromatic N) is 3. The fourth-order valence-corrected chi connectivity index (χ4v) is 3.91. The van der Waals surface area contributed by atoms with Crippen LogP contribution in [0.1, 0.15) is 63.8 Å². The van der Waals surface area contributed by atoms with Gasteiger partial charge in [-0.05, 0) is 63.3 Å². The van der Waals surface area contributed by atoms with Gasteiger partial charge in [0.15, 0.2) is 0 Å². The van der Waals surface area contributed by atoms with Crippen molar-refractivity contribution in [1.82, 2.24) is 9.97 Å². The van der Waals surface area contributed by atoms with E-state index in [1.54, 1.807) is 12.1 Å². The van der Waals surface area contributed by atoms with E-state index in [9.17, 15) is 13.2 Å². The number of ether oxygens (including phenoxy) is 1. The highest BCUT2D eigenvalue weighted by Crippen LogP contribution is 2.43. The van der Waals surface area contributed by atoms with Gasteiger partial charge in [0, 0.05) is 30.3 Å². The maximum absolute atomic E-state index is 12.5. The quantitative estimate of drug-likeness (QED) is 0.471. The summed E-state index contributed by atoms with van der Waals surface area (Å²) in [5.41, 5.74) is 3.61. The van der Waals surface area contributed by atoms with Gasteiger partial charge in [-0.25, -0.2) is 9.97 Å². The summed E-state index contributed by atoms with van der Waals surface area (Å²) < 4.78 is 41.5. The van der Waals surface area contributed by atoms with Crippen molar-refractivity contribution in [3.05, 3.63) is 47.4 Å². The van der Waals surface area contributed by atoms with Gasteiger partial charge in [0.25, 0.3) is 0 Å². The minimum Gasteiger partial charge on any atom is -0.406 e. The standard InChI is InChI=1S/C24H30F3N3O/c1-6-15(3)14-30(5)23-16(4)21(28-22(29-23)19-12-17(7-2)13-19)18-8-10-20(11-9-18)31-24(25,26)27/h8-11,14,17,19H,6-7,12-13H2,1-5H3/b15-14+. The predicted octanol–water partition coefficient (Wildman–Crippen LogP) is 7.00. The van der Waals surface area contributed by atoms with Crippen LogP contribution in [0.3, 0.4) is 0 Å². The molecule has 0 saturated heterocycles. The van der Waals surface area contributed by atoms with Gasteiger partial charge in [0.1, 0.15) is 17.4 Å². The molecule has 0 radical (unpaired) electrons. The van der Waals surface area contributed by atoms with Gasteiger partial charge in [-0.3, -0.25) is 0 Å². The number of alkyl halides is 3. The maximum Gasteiger partial charge on any atom is 0.573 e. The van der Waals surface area contributed by atoms with Crippen molar-refractivity contribution in [3.63, 3.8) is 0 Å². The number of anilines is 1. The average molecular weight is 434 g/mol. The van der Waals surface area contributed by atoms with Crippen molar-refractivity contribution in [2.45, 2.75) is 65.7 Å². The highest BCUT2D eigenvalue weighted by Gasteiger charge is 2.33. The summed E-state index contributed by atoms with van der Waals surface area (Å²) in [5, 5.41) is 0. The zero-order chi connectivity index (χ0) is 22.8. The SMILES string of the molecule is CC/C(C)=C/N(C)c1nc(C2CC(CC)C2)nc(-c2ccc(OC(F)(F)F)cc2)c1C. The Morgan fingerprint density at radius 2 is 1.81 bits per heavy atom. The Balaban J connectivity index is 2.01. The molecule has 1 aliphatic rings. The van der Waals surface area contributed by atoms with Gasteiger partial charge in [0.05, 0.1) is 5.69 Å². The summed E-state index contributed by atoms with van der Waals surface area (Å²) in [6, 6.07) is 5.88. The molecule has 168 valence electrons. The number of allylic oxidation sites excluding steroid dienone is 1. The summed E-state index contributed by atoms with van der Waals surface area (Å²) in [6.45, 7) is 8.33. The molecule has 3 rings (SSSR count). The Kier molecular flexibility index (Phi) is 6.92. The second-order valence-corrected chi connectivity index (χ2v) is 8.33. The number of benzene rings is 1. The van der Waals surface area contributed by atoms with Crippen LogP contribution >= 0.6 is 0 Å². The molecule has 0 spiro atoms. The largest absolute Gasteiger partial charge is 0.573 e. The Labute approximate surface area is 182 Å². The molecule has 1 fully saturated rings. The third-order valence-corrected chi connectivity index (χ3v) is 5.98. The average Bonchev–Trinajstić information content (AvgIpc) is 2.67. The molecule has 1 saturated carbocycles. The highest BCUT2D eigenvalue weighted by atomic mass is 19.4. The third kappa shape index (κ3) is 5.57. The lowest BCUT2D eigenvalue weighted by molar-refractivity contribution is -0.274. The van der Waals surface area contributed by atoms with Crippen LogP contribution in [0.5, 0.6) is 5.75 Å². The fraction of sp³-hybridized carbons (Fsp3) is 0.500. The summed E-state index contributed by atoms with van der Waals surface area (Å²) in [6.07, 6.45) is 1.60. The van der Waals surface area contributed by atoms with Crippen molar-refractivity contribution in [1.29, 1.82) is 0 Å². The Bertz CT molecular complexity index is 932. The molecule has 2 aromatic rings. The molecular formula is C24H30F3N3O. The van der Waals surface area contributed by atoms with Gasteiger partial charge >= 0.3 is 6.36 Å². The number of aromatic nitrogens is 2. The van der Waals surface area contributed by atoms with Gasteiger partial charge in [-0.2, -0.15) is 0 Å². The van der Waals surface area contributed by atoms with Crippen molar-refractivity contribution < 1.29 is 17.9 Å². The Morgan fingerprint density at radius 1 is 1.16 bits per heavy atom. The second kappa shape index (κ2) is 9.28. The van der Waals surface area contributed by atoms with E-state index in [0.717, 1.165) is 54.1 Å². The smallest absolute Gasteiger partial charge is 0.406 e. The molecule has 1 aliphatic carbocycles. The first-order valence-electron chi connectivity index (χ1n) is 10.8. The summed E-state index contributed by atoms with van der Waals surface area (Å²) in [5.74, 6) is 2.42. The first kappa shape index (κ1) is 23.1. The minimum atomic E-state index is -4.71. The molecule has 31 heavy (non-hydrogen) atoms. The molecule has 0 amide bonds. The summed E-state index contributed by atoms with van der Waals surface area (Å²) in [4.78, 5) is 11.8. The van der Waals surface area contributed by atoms with Crippen LogP contribution in [0.15, 0.2) is 36.0 Å². The molecule has 1 aromatic heterocycles. The van der Waals surface area contributed by atoms with Gasteiger partial charge in [-0.15, -0.1) is 13.2 Å². The molecule has 0 N–H and O–H groups in total. The van der Waals surface area contributed by atoms with E-state index in [1.807, 2.05) is 18.9 Å². The van der Waals surface area contributed by atoms with E-state index in [1.165, 1.54) is 17.7 Å². The van der Waals surface area contributed by atoms with Crippen LogP contribution in [-0.2, 0) is 0 Å². The van der Waals surface area contributed by atoms with Crippen LogP contribution < -0.4 is 9.64 Å². The van der Waals surface area contributed by atoms with Crippen LogP contribution in [0.4, 0.5) is 19.0 Å². The lowest BCUT2D eigenvalue weighted by Crippen LogP contribution is -2.24. The predicted molar refractivity (Wildman–Crippen MR) is 117 cm³/mol. The number of halogens is 3. The van der Waals surface area contributed by atoms with Crippen molar-refractivity contribution in [3.8, 4) is 17.0 Å². The minimum absolute atomic E-state index is 0.244. The fourth-order valence-electron chi connectivity index (χ4n) is 3.91. The molecule has 4 nitrogen and oxygen atoms in total. The topological polar surface area (TPSA) is 38.2 Å². The molecule has 0 bridgehead atoms. The molecular weight excluding hydrogens is 403 g/mol. The van der Waals surface area contributed by atoms with E-state index in [0.29, 0.717) is 11.8 Å². The molecule has 0 aliphatic heterocycles. The lowest BCUT2D eigenvalue weighted by atomic mass is 9.73. The molecule has 0 atom stereocenters. The van der Waals surface area contributed by atoms with E-state index in [4.69, 9.17) is 9.97 Å². The van der Waals surface area contributed by atoms with E-state index in [-0.39, 0.29) is 5.75 Å². The van der Waals surface area contributed by atoms with Crippen LogP contribution in [-0.4, -0.2) is 23.4 Å². The summed E-state index contributed by atoms with van der Waals surface area (Å²) >= 11 is 0. The Hall–Kier alpha value is -2.57. The van der Waals surface area contributed by atoms with E-state index < -0.39 is 6.36 Å². The van der Waals surface area contributed by atoms with Crippen LogP contribution in [0.25, 0.3) is 11.3 Å².